The van der Waals surface area contributed by atoms with Gasteiger partial charge in [-0.1, -0.05) is 45.0 Å². The number of nitrogens with zero attached hydrogens (tertiary/aromatic N) is 4. The van der Waals surface area contributed by atoms with Crippen LogP contribution in [-0.4, -0.2) is 25.5 Å². The molecule has 0 aliphatic heterocycles. The van der Waals surface area contributed by atoms with Crippen molar-refractivity contribution in [1.29, 1.82) is 0 Å². The van der Waals surface area contributed by atoms with E-state index in [1.807, 2.05) is 5.38 Å². The van der Waals surface area contributed by atoms with E-state index in [1.165, 1.54) is 16.9 Å². The molecule has 0 aliphatic rings. The van der Waals surface area contributed by atoms with E-state index in [1.54, 1.807) is 29.9 Å². The Hall–Kier alpha value is -3.06. The lowest BCUT2D eigenvalue weighted by Gasteiger charge is -2.18. The number of anilines is 1. The lowest BCUT2D eigenvalue weighted by Crippen LogP contribution is -2.13. The third-order valence-electron chi connectivity index (χ3n) is 4.57. The van der Waals surface area contributed by atoms with Gasteiger partial charge >= 0.3 is 0 Å². The van der Waals surface area contributed by atoms with Gasteiger partial charge in [-0.25, -0.2) is 14.5 Å². The lowest BCUT2D eigenvalue weighted by atomic mass is 9.86. The first kappa shape index (κ1) is 18.3. The van der Waals surface area contributed by atoms with E-state index in [0.717, 1.165) is 11.3 Å². The number of carbonyl (C=O) groups excluding carboxylic acids is 1. The Labute approximate surface area is 167 Å². The molecule has 0 spiro atoms. The highest BCUT2D eigenvalue weighted by Crippen LogP contribution is 2.28. The maximum Gasteiger partial charge on any atom is 0.263 e. The van der Waals surface area contributed by atoms with E-state index < -0.39 is 0 Å². The van der Waals surface area contributed by atoms with Crippen LogP contribution in [0.15, 0.2) is 48.1 Å². The van der Waals surface area contributed by atoms with Crippen LogP contribution < -0.4 is 5.32 Å². The van der Waals surface area contributed by atoms with Gasteiger partial charge in [-0.15, -0.1) is 11.3 Å². The minimum absolute atomic E-state index is 0.111. The molecule has 1 amide bonds. The summed E-state index contributed by atoms with van der Waals surface area (Å²) in [5.74, 6) is -0.254. The topological polar surface area (TPSA) is 72.2 Å². The summed E-state index contributed by atoms with van der Waals surface area (Å²) in [6, 6.07) is 10.2. The molecule has 1 N–H and O–H groups in total. The number of amides is 1. The number of fused-ring (bicyclic) bond motifs is 1. The molecule has 28 heavy (non-hydrogen) atoms. The Morgan fingerprint density at radius 2 is 1.93 bits per heavy atom. The summed E-state index contributed by atoms with van der Waals surface area (Å²) in [5.41, 5.74) is 4.88. The third kappa shape index (κ3) is 3.41. The van der Waals surface area contributed by atoms with E-state index >= 15 is 0 Å². The molecule has 0 bridgehead atoms. The summed E-state index contributed by atoms with van der Waals surface area (Å²) in [6.45, 7) is 8.37. The average molecular weight is 392 g/mol. The van der Waals surface area contributed by atoms with E-state index in [9.17, 15) is 4.79 Å². The quantitative estimate of drug-likeness (QED) is 0.549. The minimum atomic E-state index is -0.254. The van der Waals surface area contributed by atoms with Gasteiger partial charge < -0.3 is 0 Å². The second kappa shape index (κ2) is 6.83. The second-order valence-corrected chi connectivity index (χ2v) is 8.53. The Morgan fingerprint density at radius 3 is 2.64 bits per heavy atom. The highest BCUT2D eigenvalue weighted by atomic mass is 32.1. The summed E-state index contributed by atoms with van der Waals surface area (Å²) in [4.78, 5) is 21.6. The molecule has 7 heteroatoms. The number of thiazole rings is 1. The van der Waals surface area contributed by atoms with Crippen LogP contribution in [0.1, 0.15) is 42.4 Å². The molecule has 0 saturated carbocycles. The van der Waals surface area contributed by atoms with Gasteiger partial charge in [0.1, 0.15) is 5.56 Å². The molecule has 4 aromatic rings. The average Bonchev–Trinajstić information content (AvgIpc) is 3.24. The smallest absolute Gasteiger partial charge is 0.263 e. The van der Waals surface area contributed by atoms with Gasteiger partial charge in [0.15, 0.2) is 10.8 Å². The Balaban J connectivity index is 1.56. The summed E-state index contributed by atoms with van der Waals surface area (Å²) in [5, 5.41) is 9.71. The largest absolute Gasteiger partial charge is 0.298 e. The third-order valence-corrected chi connectivity index (χ3v) is 5.33. The van der Waals surface area contributed by atoms with Gasteiger partial charge in [0.05, 0.1) is 11.4 Å². The van der Waals surface area contributed by atoms with Crippen LogP contribution in [0.5, 0.6) is 0 Å². The minimum Gasteiger partial charge on any atom is -0.298 e. The van der Waals surface area contributed by atoms with E-state index in [2.05, 4.69) is 65.4 Å². The maximum atomic E-state index is 12.8. The second-order valence-electron chi connectivity index (χ2n) is 7.67. The van der Waals surface area contributed by atoms with Crippen molar-refractivity contribution in [2.75, 3.05) is 5.32 Å². The van der Waals surface area contributed by atoms with Gasteiger partial charge in [0, 0.05) is 23.3 Å². The molecule has 0 fully saturated rings. The van der Waals surface area contributed by atoms with Crippen molar-refractivity contribution in [3.05, 3.63) is 64.9 Å². The molecule has 3 aromatic heterocycles. The molecule has 1 aromatic carbocycles. The summed E-state index contributed by atoms with van der Waals surface area (Å²) in [6.07, 6.45) is 3.42. The first-order valence-corrected chi connectivity index (χ1v) is 9.88. The van der Waals surface area contributed by atoms with E-state index in [4.69, 9.17) is 0 Å². The fourth-order valence-corrected chi connectivity index (χ4v) is 3.74. The monoisotopic (exact) mass is 391 g/mol. The summed E-state index contributed by atoms with van der Waals surface area (Å²) >= 11 is 1.40. The maximum absolute atomic E-state index is 12.8. The van der Waals surface area contributed by atoms with Crippen molar-refractivity contribution < 1.29 is 4.79 Å². The standard InChI is InChI=1S/C21H21N5OS/c1-13-17(18-22-10-5-11-26(18)25-13)19(27)24-20-23-16(12-28-20)14-6-8-15(9-7-14)21(2,3)4/h5-12H,1-4H3,(H,23,24,27). The fraction of sp³-hybridized carbons (Fsp3) is 0.238. The number of benzene rings is 1. The highest BCUT2D eigenvalue weighted by molar-refractivity contribution is 7.14. The molecular weight excluding hydrogens is 370 g/mol. The molecule has 0 atom stereocenters. The molecular formula is C21H21N5OS. The molecule has 0 radical (unpaired) electrons. The van der Waals surface area contributed by atoms with Crippen LogP contribution in [0.3, 0.4) is 0 Å². The van der Waals surface area contributed by atoms with Crippen LogP contribution in [-0.2, 0) is 5.41 Å². The van der Waals surface area contributed by atoms with Crippen LogP contribution in [0.2, 0.25) is 0 Å². The van der Waals surface area contributed by atoms with Crippen LogP contribution >= 0.6 is 11.3 Å². The number of aryl methyl sites for hydroxylation is 1. The number of nitrogens with one attached hydrogen (secondary N) is 1. The SMILES string of the molecule is Cc1nn2cccnc2c1C(=O)Nc1nc(-c2ccc(C(C)(C)C)cc2)cs1. The Bertz CT molecular complexity index is 1150. The highest BCUT2D eigenvalue weighted by Gasteiger charge is 2.19. The van der Waals surface area contributed by atoms with E-state index in [0.29, 0.717) is 22.0 Å². The van der Waals surface area contributed by atoms with Gasteiger partial charge in [-0.3, -0.25) is 10.1 Å². The van der Waals surface area contributed by atoms with Crippen molar-refractivity contribution in [1.82, 2.24) is 19.6 Å². The zero-order valence-electron chi connectivity index (χ0n) is 16.2. The van der Waals surface area contributed by atoms with Crippen LogP contribution in [0, 0.1) is 6.92 Å². The normalized spacial score (nSPS) is 11.7. The predicted molar refractivity (Wildman–Crippen MR) is 112 cm³/mol. The Kier molecular flexibility index (Phi) is 4.47. The summed E-state index contributed by atoms with van der Waals surface area (Å²) in [7, 11) is 0. The number of rotatable bonds is 3. The number of hydrogen-bond acceptors (Lipinski definition) is 5. The lowest BCUT2D eigenvalue weighted by molar-refractivity contribution is 0.102. The predicted octanol–water partition coefficient (Wildman–Crippen LogP) is 4.71. The zero-order valence-corrected chi connectivity index (χ0v) is 17.0. The molecule has 0 aliphatic carbocycles. The first-order valence-electron chi connectivity index (χ1n) is 9.01. The van der Waals surface area contributed by atoms with Crippen molar-refractivity contribution in [2.45, 2.75) is 33.1 Å². The van der Waals surface area contributed by atoms with E-state index in [-0.39, 0.29) is 11.3 Å². The number of hydrogen-bond donors (Lipinski definition) is 1. The molecule has 6 nitrogen and oxygen atoms in total. The zero-order chi connectivity index (χ0) is 19.9. The van der Waals surface area contributed by atoms with Gasteiger partial charge in [-0.05, 0) is 24.0 Å². The van der Waals surface area contributed by atoms with Crippen molar-refractivity contribution in [3.63, 3.8) is 0 Å². The van der Waals surface area contributed by atoms with Gasteiger partial charge in [0.2, 0.25) is 0 Å². The van der Waals surface area contributed by atoms with Crippen molar-refractivity contribution >= 4 is 28.0 Å². The van der Waals surface area contributed by atoms with Crippen LogP contribution in [0.4, 0.5) is 5.13 Å². The summed E-state index contributed by atoms with van der Waals surface area (Å²) < 4.78 is 1.61. The first-order chi connectivity index (χ1) is 13.3. The van der Waals surface area contributed by atoms with Crippen molar-refractivity contribution in [2.24, 2.45) is 0 Å². The van der Waals surface area contributed by atoms with Gasteiger partial charge in [-0.2, -0.15) is 5.10 Å². The molecule has 4 rings (SSSR count). The van der Waals surface area contributed by atoms with Crippen molar-refractivity contribution in [3.8, 4) is 11.3 Å². The number of aromatic nitrogens is 4. The molecule has 3 heterocycles. The fourth-order valence-electron chi connectivity index (χ4n) is 3.03. The number of carbonyl (C=O) groups is 1. The van der Waals surface area contributed by atoms with Crippen LogP contribution in [0.25, 0.3) is 16.9 Å². The Morgan fingerprint density at radius 1 is 1.18 bits per heavy atom. The molecule has 0 unspecified atom stereocenters. The molecule has 142 valence electrons. The molecule has 0 saturated heterocycles. The van der Waals surface area contributed by atoms with Gasteiger partial charge in [0.25, 0.3) is 5.91 Å².